The van der Waals surface area contributed by atoms with Crippen molar-refractivity contribution in [2.45, 2.75) is 0 Å². The topological polar surface area (TPSA) is 138 Å². The van der Waals surface area contributed by atoms with E-state index in [0.717, 1.165) is 132 Å². The molecule has 12 nitrogen and oxygen atoms in total. The van der Waals surface area contributed by atoms with Crippen LogP contribution in [0.15, 0.2) is 357 Å². The van der Waals surface area contributed by atoms with Gasteiger partial charge in [0.05, 0.1) is 68.3 Å². The number of hydrogen-bond donors (Lipinski definition) is 2. The van der Waals surface area contributed by atoms with Crippen LogP contribution in [0.2, 0.25) is 0 Å². The first-order valence-corrected chi connectivity index (χ1v) is 35.1. The van der Waals surface area contributed by atoms with E-state index >= 15 is 0 Å². The molecule has 0 fully saturated rings. The monoisotopic (exact) mass is 1400 g/mol. The quantitative estimate of drug-likeness (QED) is 0.129. The van der Waals surface area contributed by atoms with Crippen LogP contribution in [0.1, 0.15) is 0 Å². The van der Waals surface area contributed by atoms with E-state index in [1.807, 2.05) is 140 Å². The summed E-state index contributed by atoms with van der Waals surface area (Å²) in [7, 11) is -1.53. The largest absolute Gasteiger partial charge is 0.488 e. The smallest absolute Gasteiger partial charge is 0.423 e. The van der Waals surface area contributed by atoms with Gasteiger partial charge in [0.1, 0.15) is 11.3 Å². The van der Waals surface area contributed by atoms with Crippen molar-refractivity contribution in [2.24, 2.45) is 0 Å². The maximum Gasteiger partial charge on any atom is 0.488 e. The fourth-order valence-corrected chi connectivity index (χ4v) is 14.8. The van der Waals surface area contributed by atoms with Crippen molar-refractivity contribution in [3.05, 3.63) is 357 Å². The van der Waals surface area contributed by atoms with E-state index in [1.54, 1.807) is 6.07 Å². The second-order valence-electron chi connectivity index (χ2n) is 25.4. The highest BCUT2D eigenvalue weighted by Gasteiger charge is 2.24. The molecule has 12 aromatic carbocycles. The predicted octanol–water partition coefficient (Wildman–Crippen LogP) is 20.6. The van der Waals surface area contributed by atoms with Crippen LogP contribution < -0.4 is 5.46 Å². The Morgan fingerprint density at radius 1 is 0.260 bits per heavy atom. The van der Waals surface area contributed by atoms with Gasteiger partial charge in [-0.1, -0.05) is 249 Å². The minimum Gasteiger partial charge on any atom is -0.423 e. The van der Waals surface area contributed by atoms with Crippen LogP contribution >= 0.6 is 15.9 Å². The second kappa shape index (κ2) is 27.0. The summed E-state index contributed by atoms with van der Waals surface area (Å²) in [5.74, 6) is 1.36. The third-order valence-electron chi connectivity index (χ3n) is 19.2. The van der Waals surface area contributed by atoms with Crippen LogP contribution in [0.3, 0.4) is 0 Å². The standard InChI is InChI=1S/C45H29N5.C28H20BN3O2.C17H11BrN2/c1-4-14-30(15-5-1)43-42(29-46-44(48-43)31-16-6-2-7-17-31)50-40-23-13-10-20-35(40)37-26-32(24-25-41(37)50)33-27-38-36-21-11-12-22-39(36)49(45(38)47-28-33)34-18-8-3-9-19-34;33-29(34)21-15-16-25-23(17-21)22-13-7-8-14-24(22)32(25)26-18-30-28(20-11-5-2-6-12-20)31-27(26)19-9-3-1-4-10-19;18-12-10-15-14-8-4-5-9-16(14)20(17(15)19-11-12)13-6-2-1-3-7-13/h1-29H;1-18,33-34H;1-11H. The predicted molar refractivity (Wildman–Crippen MR) is 428 cm³/mol. The summed E-state index contributed by atoms with van der Waals surface area (Å²) in [6.45, 7) is 0. The Hall–Kier alpha value is -13.2. The lowest BCUT2D eigenvalue weighted by Gasteiger charge is -2.14. The summed E-state index contributed by atoms with van der Waals surface area (Å²) in [6.07, 6.45) is 7.70. The normalized spacial score (nSPS) is 11.4. The molecule has 104 heavy (non-hydrogen) atoms. The molecule has 0 unspecified atom stereocenters. The summed E-state index contributed by atoms with van der Waals surface area (Å²) in [5, 5.41) is 28.5. The Kier molecular flexibility index (Phi) is 16.4. The zero-order chi connectivity index (χ0) is 69.6. The Bertz CT molecular complexity index is 6590. The average molecular weight is 1400 g/mol. The molecule has 8 aromatic heterocycles. The lowest BCUT2D eigenvalue weighted by atomic mass is 9.80. The number of halogens is 1. The van der Waals surface area contributed by atoms with E-state index in [9.17, 15) is 10.0 Å². The first-order valence-electron chi connectivity index (χ1n) is 34.3. The highest BCUT2D eigenvalue weighted by molar-refractivity contribution is 9.10. The number of fused-ring (bicyclic) bond motifs is 12. The van der Waals surface area contributed by atoms with Crippen molar-refractivity contribution in [3.63, 3.8) is 0 Å². The third kappa shape index (κ3) is 11.4. The van der Waals surface area contributed by atoms with Crippen LogP contribution in [0, 0.1) is 0 Å². The summed E-state index contributed by atoms with van der Waals surface area (Å²) < 4.78 is 9.91. The van der Waals surface area contributed by atoms with Crippen molar-refractivity contribution >= 4 is 116 Å². The van der Waals surface area contributed by atoms with E-state index in [-0.39, 0.29) is 0 Å². The molecule has 0 aliphatic heterocycles. The van der Waals surface area contributed by atoms with E-state index in [2.05, 4.69) is 245 Å². The molecule has 0 saturated heterocycles. The number of para-hydroxylation sites is 6. The Morgan fingerprint density at radius 3 is 1.06 bits per heavy atom. The van der Waals surface area contributed by atoms with Gasteiger partial charge in [-0.25, -0.2) is 29.9 Å². The first-order chi connectivity index (χ1) is 51.4. The number of rotatable bonds is 10. The van der Waals surface area contributed by atoms with Gasteiger partial charge in [0.15, 0.2) is 11.6 Å². The fraction of sp³-hybridized carbons (Fsp3) is 0. The third-order valence-corrected chi connectivity index (χ3v) is 19.6. The summed E-state index contributed by atoms with van der Waals surface area (Å²) in [6, 6.07) is 112. The minimum absolute atomic E-state index is 0.453. The molecular weight excluding hydrogens is 1340 g/mol. The van der Waals surface area contributed by atoms with Gasteiger partial charge in [-0.05, 0) is 106 Å². The molecule has 0 saturated carbocycles. The Balaban J connectivity index is 0.000000122. The van der Waals surface area contributed by atoms with Crippen molar-refractivity contribution in [1.82, 2.24) is 48.2 Å². The molecule has 0 aliphatic carbocycles. The Labute approximate surface area is 606 Å². The van der Waals surface area contributed by atoms with Crippen LogP contribution in [-0.4, -0.2) is 65.3 Å². The molecule has 0 amide bonds. The number of hydrogen-bond acceptors (Lipinski definition) is 8. The summed E-state index contributed by atoms with van der Waals surface area (Å²) in [4.78, 5) is 29.5. The van der Waals surface area contributed by atoms with Gasteiger partial charge in [-0.2, -0.15) is 0 Å². The molecule has 0 radical (unpaired) electrons. The molecule has 8 heterocycles. The van der Waals surface area contributed by atoms with Crippen LogP contribution in [0.4, 0.5) is 0 Å². The maximum atomic E-state index is 9.74. The number of benzene rings is 12. The van der Waals surface area contributed by atoms with Gasteiger partial charge >= 0.3 is 7.12 Å². The molecule has 0 aliphatic rings. The van der Waals surface area contributed by atoms with Gasteiger partial charge in [-0.3, -0.25) is 9.13 Å². The van der Waals surface area contributed by atoms with Crippen molar-refractivity contribution in [2.75, 3.05) is 0 Å². The van der Waals surface area contributed by atoms with Crippen LogP contribution in [0.5, 0.6) is 0 Å². The molecule has 492 valence electrons. The van der Waals surface area contributed by atoms with E-state index in [4.69, 9.17) is 24.9 Å². The molecule has 20 rings (SSSR count). The second-order valence-corrected chi connectivity index (χ2v) is 26.3. The molecular formula is C90H60BBrN10O2. The zero-order valence-electron chi connectivity index (χ0n) is 55.8. The molecule has 0 atom stereocenters. The fourth-order valence-electron chi connectivity index (χ4n) is 14.5. The van der Waals surface area contributed by atoms with E-state index in [1.165, 1.54) is 27.1 Å². The van der Waals surface area contributed by atoms with Crippen molar-refractivity contribution < 1.29 is 10.0 Å². The van der Waals surface area contributed by atoms with Gasteiger partial charge in [0.2, 0.25) is 0 Å². The maximum absolute atomic E-state index is 9.74. The SMILES string of the molecule is Brc1cnc2c(c1)c1ccccc1n2-c1ccccc1.OB(O)c1ccc2c(c1)c1ccccc1n2-c1cnc(-c2ccccc2)nc1-c1ccccc1.c1ccc(-c2ncc(-n3c4ccccc4c4cc(-c5cnc6c(c5)c5ccccc5n6-c5ccccc5)ccc43)c(-c3ccccc3)n2)cc1. The molecule has 0 spiro atoms. The summed E-state index contributed by atoms with van der Waals surface area (Å²) >= 11 is 3.51. The van der Waals surface area contributed by atoms with Crippen LogP contribution in [-0.2, 0) is 0 Å². The molecule has 20 aromatic rings. The minimum atomic E-state index is -1.53. The van der Waals surface area contributed by atoms with Crippen LogP contribution in [0.25, 0.3) is 167 Å². The highest BCUT2D eigenvalue weighted by atomic mass is 79.9. The van der Waals surface area contributed by atoms with Gasteiger partial charge in [-0.15, -0.1) is 0 Å². The number of aromatic nitrogens is 10. The van der Waals surface area contributed by atoms with Crippen molar-refractivity contribution in [3.8, 4) is 79.2 Å². The Morgan fingerprint density at radius 2 is 0.606 bits per heavy atom. The van der Waals surface area contributed by atoms with E-state index in [0.29, 0.717) is 17.1 Å². The molecule has 0 bridgehead atoms. The highest BCUT2D eigenvalue weighted by Crippen LogP contribution is 2.41. The van der Waals surface area contributed by atoms with Gasteiger partial charge < -0.3 is 19.2 Å². The van der Waals surface area contributed by atoms with E-state index < -0.39 is 7.12 Å². The number of nitrogens with zero attached hydrogens (tertiary/aromatic N) is 10. The lowest BCUT2D eigenvalue weighted by Crippen LogP contribution is -2.29. The molecule has 14 heteroatoms. The van der Waals surface area contributed by atoms with Gasteiger partial charge in [0.25, 0.3) is 0 Å². The number of pyridine rings is 2. The van der Waals surface area contributed by atoms with Gasteiger partial charge in [0, 0.05) is 99.1 Å². The zero-order valence-corrected chi connectivity index (χ0v) is 57.4. The molecule has 2 N–H and O–H groups in total. The summed E-state index contributed by atoms with van der Waals surface area (Å²) in [5.41, 5.74) is 20.8. The average Bonchev–Trinajstić information content (AvgIpc) is 1.56. The lowest BCUT2D eigenvalue weighted by molar-refractivity contribution is 0.426. The first kappa shape index (κ1) is 63.0. The van der Waals surface area contributed by atoms with Crippen molar-refractivity contribution in [1.29, 1.82) is 0 Å².